The molecule has 0 radical (unpaired) electrons. The summed E-state index contributed by atoms with van der Waals surface area (Å²) in [4.78, 5) is 13.4. The summed E-state index contributed by atoms with van der Waals surface area (Å²) in [5, 5.41) is 9.05. The highest BCUT2D eigenvalue weighted by molar-refractivity contribution is 9.10. The van der Waals surface area contributed by atoms with Gasteiger partial charge in [0.2, 0.25) is 0 Å². The fourth-order valence-electron chi connectivity index (χ4n) is 2.88. The third kappa shape index (κ3) is 3.35. The van der Waals surface area contributed by atoms with E-state index in [1.54, 1.807) is 6.07 Å². The molecule has 1 aromatic carbocycles. The molecule has 0 spiro atoms. The predicted octanol–water partition coefficient (Wildman–Crippen LogP) is 4.41. The highest BCUT2D eigenvalue weighted by atomic mass is 79.9. The molecule has 1 aliphatic heterocycles. The Morgan fingerprint density at radius 1 is 1.30 bits per heavy atom. The van der Waals surface area contributed by atoms with Gasteiger partial charge in [-0.2, -0.15) is 0 Å². The lowest BCUT2D eigenvalue weighted by Crippen LogP contribution is -2.38. The van der Waals surface area contributed by atoms with Gasteiger partial charge in [0.1, 0.15) is 0 Å². The molecule has 0 unspecified atom stereocenters. The van der Waals surface area contributed by atoms with Crippen LogP contribution in [0.25, 0.3) is 0 Å². The van der Waals surface area contributed by atoms with Crippen LogP contribution in [0.15, 0.2) is 22.7 Å². The van der Waals surface area contributed by atoms with Gasteiger partial charge in [-0.25, -0.2) is 4.79 Å². The van der Waals surface area contributed by atoms with Crippen LogP contribution in [-0.4, -0.2) is 24.2 Å². The number of halogens is 1. The number of rotatable bonds is 2. The number of anilines is 1. The van der Waals surface area contributed by atoms with E-state index in [4.69, 9.17) is 5.11 Å². The zero-order chi connectivity index (χ0) is 14.9. The van der Waals surface area contributed by atoms with E-state index in [0.29, 0.717) is 15.5 Å². The van der Waals surface area contributed by atoms with Crippen LogP contribution in [0, 0.1) is 11.3 Å². The van der Waals surface area contributed by atoms with Crippen LogP contribution in [0.4, 0.5) is 5.69 Å². The number of carbonyl (C=O) groups is 1. The zero-order valence-corrected chi connectivity index (χ0v) is 13.9. The Morgan fingerprint density at radius 2 is 1.90 bits per heavy atom. The number of hydrogen-bond donors (Lipinski definition) is 1. The molecule has 0 atom stereocenters. The van der Waals surface area contributed by atoms with Crippen LogP contribution >= 0.6 is 15.9 Å². The van der Waals surface area contributed by atoms with Gasteiger partial charge in [-0.3, -0.25) is 0 Å². The van der Waals surface area contributed by atoms with E-state index in [1.165, 1.54) is 12.8 Å². The average molecular weight is 340 g/mol. The molecule has 0 amide bonds. The van der Waals surface area contributed by atoms with Crippen molar-refractivity contribution in [1.29, 1.82) is 0 Å². The number of benzene rings is 1. The molecule has 1 aromatic rings. The topological polar surface area (TPSA) is 40.5 Å². The molecule has 1 saturated heterocycles. The van der Waals surface area contributed by atoms with Crippen LogP contribution in [-0.2, 0) is 0 Å². The van der Waals surface area contributed by atoms with Crippen LogP contribution in [0.5, 0.6) is 0 Å². The van der Waals surface area contributed by atoms with Crippen molar-refractivity contribution < 1.29 is 9.90 Å². The van der Waals surface area contributed by atoms with Crippen molar-refractivity contribution in [1.82, 2.24) is 0 Å². The minimum absolute atomic E-state index is 0.318. The molecule has 0 bridgehead atoms. The van der Waals surface area contributed by atoms with E-state index < -0.39 is 5.97 Å². The van der Waals surface area contributed by atoms with Gasteiger partial charge in [0.15, 0.2) is 0 Å². The molecule has 1 fully saturated rings. The first-order chi connectivity index (χ1) is 9.29. The van der Waals surface area contributed by atoms with Crippen molar-refractivity contribution in [2.24, 2.45) is 11.3 Å². The second-order valence-electron chi connectivity index (χ2n) is 6.60. The molecule has 4 heteroatoms. The van der Waals surface area contributed by atoms with Crippen molar-refractivity contribution in [3.05, 3.63) is 28.2 Å². The fourth-order valence-corrected chi connectivity index (χ4v) is 3.41. The zero-order valence-electron chi connectivity index (χ0n) is 12.3. The molecule has 0 saturated carbocycles. The highest BCUT2D eigenvalue weighted by Gasteiger charge is 2.28. The van der Waals surface area contributed by atoms with Crippen LogP contribution in [0.3, 0.4) is 0 Å². The third-order valence-electron chi connectivity index (χ3n) is 4.27. The van der Waals surface area contributed by atoms with Crippen molar-refractivity contribution in [3.63, 3.8) is 0 Å². The smallest absolute Gasteiger partial charge is 0.336 e. The van der Waals surface area contributed by atoms with Gasteiger partial charge in [0, 0.05) is 23.2 Å². The number of carboxylic acids is 1. The summed E-state index contributed by atoms with van der Waals surface area (Å²) in [5.41, 5.74) is 1.80. The maximum atomic E-state index is 11.0. The Labute approximate surface area is 129 Å². The summed E-state index contributed by atoms with van der Waals surface area (Å²) in [7, 11) is 0. The minimum Gasteiger partial charge on any atom is -0.478 e. The predicted molar refractivity (Wildman–Crippen MR) is 85.5 cm³/mol. The maximum absolute atomic E-state index is 11.0. The van der Waals surface area contributed by atoms with Crippen molar-refractivity contribution in [2.75, 3.05) is 18.0 Å². The van der Waals surface area contributed by atoms with Crippen LogP contribution in [0.2, 0.25) is 0 Å². The Kier molecular flexibility index (Phi) is 4.43. The van der Waals surface area contributed by atoms with Crippen molar-refractivity contribution >= 4 is 27.6 Å². The summed E-state index contributed by atoms with van der Waals surface area (Å²) in [5.74, 6) is -0.129. The van der Waals surface area contributed by atoms with Gasteiger partial charge in [-0.15, -0.1) is 0 Å². The summed E-state index contributed by atoms with van der Waals surface area (Å²) in [6.45, 7) is 9.02. The molecule has 1 N–H and O–H groups in total. The monoisotopic (exact) mass is 339 g/mol. The molecule has 0 aromatic heterocycles. The van der Waals surface area contributed by atoms with Gasteiger partial charge in [-0.1, -0.05) is 20.8 Å². The van der Waals surface area contributed by atoms with Gasteiger partial charge in [-0.05, 0) is 58.3 Å². The number of aromatic carboxylic acids is 1. The van der Waals surface area contributed by atoms with Crippen LogP contribution < -0.4 is 4.90 Å². The molecule has 2 rings (SSSR count). The minimum atomic E-state index is -0.894. The summed E-state index contributed by atoms with van der Waals surface area (Å²) >= 11 is 3.35. The summed E-state index contributed by atoms with van der Waals surface area (Å²) < 4.78 is 0.653. The first kappa shape index (κ1) is 15.4. The van der Waals surface area contributed by atoms with Crippen LogP contribution in [0.1, 0.15) is 44.0 Å². The van der Waals surface area contributed by atoms with E-state index in [2.05, 4.69) is 41.6 Å². The molecule has 20 heavy (non-hydrogen) atoms. The molecule has 3 nitrogen and oxygen atoms in total. The first-order valence-electron chi connectivity index (χ1n) is 7.07. The quantitative estimate of drug-likeness (QED) is 0.867. The van der Waals surface area contributed by atoms with Gasteiger partial charge < -0.3 is 10.0 Å². The Balaban J connectivity index is 2.08. The van der Waals surface area contributed by atoms with Crippen molar-refractivity contribution in [3.8, 4) is 0 Å². The van der Waals surface area contributed by atoms with E-state index >= 15 is 0 Å². The average Bonchev–Trinajstić information content (AvgIpc) is 2.37. The normalized spacial score (nSPS) is 17.3. The number of piperidine rings is 1. The van der Waals surface area contributed by atoms with Gasteiger partial charge in [0.25, 0.3) is 0 Å². The molecule has 1 aliphatic rings. The standard InChI is InChI=1S/C16H22BrNO2/c1-16(2,3)11-6-8-18(9-7-11)12-4-5-13(15(19)20)14(17)10-12/h4-5,10-11H,6-9H2,1-3H3,(H,19,20). The SMILES string of the molecule is CC(C)(C)C1CCN(c2ccc(C(=O)O)c(Br)c2)CC1. The number of hydrogen-bond acceptors (Lipinski definition) is 2. The Bertz CT molecular complexity index is 500. The number of carboxylic acid groups (broad SMARTS) is 1. The maximum Gasteiger partial charge on any atom is 0.336 e. The largest absolute Gasteiger partial charge is 0.478 e. The molecular formula is C16H22BrNO2. The second-order valence-corrected chi connectivity index (χ2v) is 7.45. The summed E-state index contributed by atoms with van der Waals surface area (Å²) in [6.07, 6.45) is 2.39. The first-order valence-corrected chi connectivity index (χ1v) is 7.86. The Morgan fingerprint density at radius 3 is 2.35 bits per heavy atom. The lowest BCUT2D eigenvalue weighted by molar-refractivity contribution is 0.0696. The third-order valence-corrected chi connectivity index (χ3v) is 4.92. The summed E-state index contributed by atoms with van der Waals surface area (Å²) in [6, 6.07) is 5.50. The molecular weight excluding hydrogens is 318 g/mol. The lowest BCUT2D eigenvalue weighted by Gasteiger charge is -2.39. The number of nitrogens with zero attached hydrogens (tertiary/aromatic N) is 1. The van der Waals surface area contributed by atoms with Gasteiger partial charge in [0.05, 0.1) is 5.56 Å². The lowest BCUT2D eigenvalue weighted by atomic mass is 9.75. The van der Waals surface area contributed by atoms with Gasteiger partial charge >= 0.3 is 5.97 Å². The van der Waals surface area contributed by atoms with E-state index in [9.17, 15) is 4.79 Å². The second kappa shape index (κ2) is 5.76. The van der Waals surface area contributed by atoms with E-state index in [-0.39, 0.29) is 0 Å². The Hall–Kier alpha value is -1.03. The highest BCUT2D eigenvalue weighted by Crippen LogP contribution is 2.36. The van der Waals surface area contributed by atoms with E-state index in [1.807, 2.05) is 12.1 Å². The molecule has 1 heterocycles. The van der Waals surface area contributed by atoms with Crippen molar-refractivity contribution in [2.45, 2.75) is 33.6 Å². The van der Waals surface area contributed by atoms with E-state index in [0.717, 1.165) is 24.7 Å². The molecule has 0 aliphatic carbocycles. The molecule has 110 valence electrons. The fraction of sp³-hybridized carbons (Fsp3) is 0.562.